The van der Waals surface area contributed by atoms with Crippen molar-refractivity contribution in [3.8, 4) is 16.9 Å². The SMILES string of the molecule is O=C(NNCCSCc1ccc(F)cc1)[C@@]1(CCS(=O)(=O)c2ccccc2)N=C(c2ccc(OCCCO)cc2)O[C@H]1c1ccc(-c2ccccc2)cc1. The second-order valence-electron chi connectivity index (χ2n) is 12.7. The molecule has 1 aliphatic heterocycles. The van der Waals surface area contributed by atoms with Crippen LogP contribution < -0.4 is 15.6 Å². The van der Waals surface area contributed by atoms with Crippen LogP contribution in [-0.2, 0) is 25.1 Å². The van der Waals surface area contributed by atoms with E-state index in [1.165, 1.54) is 24.3 Å². The zero-order valence-electron chi connectivity index (χ0n) is 29.6. The molecule has 54 heavy (non-hydrogen) atoms. The van der Waals surface area contributed by atoms with Gasteiger partial charge in [0.05, 0.1) is 17.3 Å². The Morgan fingerprint density at radius 3 is 2.19 bits per heavy atom. The predicted molar refractivity (Wildman–Crippen MR) is 210 cm³/mol. The van der Waals surface area contributed by atoms with E-state index in [-0.39, 0.29) is 35.4 Å². The summed E-state index contributed by atoms with van der Waals surface area (Å²) in [6.07, 6.45) is -0.653. The molecule has 0 bridgehead atoms. The van der Waals surface area contributed by atoms with Crippen LogP contribution in [-0.4, -0.2) is 62.1 Å². The molecule has 0 saturated heterocycles. The number of benzene rings is 5. The number of aliphatic imine (C=N–C) groups is 1. The Labute approximate surface area is 319 Å². The van der Waals surface area contributed by atoms with Crippen LogP contribution >= 0.6 is 11.8 Å². The minimum atomic E-state index is -3.81. The Kier molecular flexibility index (Phi) is 13.2. The molecule has 0 aromatic heterocycles. The molecule has 9 nitrogen and oxygen atoms in total. The van der Waals surface area contributed by atoms with Gasteiger partial charge in [-0.25, -0.2) is 23.2 Å². The van der Waals surface area contributed by atoms with E-state index in [0.717, 1.165) is 16.7 Å². The number of aliphatic hydroxyl groups is 1. The van der Waals surface area contributed by atoms with Crippen molar-refractivity contribution in [3.05, 3.63) is 156 Å². The van der Waals surface area contributed by atoms with Crippen LogP contribution in [0.1, 0.15) is 35.6 Å². The molecule has 1 heterocycles. The maximum Gasteiger partial charge on any atom is 0.266 e. The minimum Gasteiger partial charge on any atom is -0.494 e. The lowest BCUT2D eigenvalue weighted by Gasteiger charge is -2.30. The molecule has 5 aromatic rings. The Hall–Kier alpha value is -5.01. The lowest BCUT2D eigenvalue weighted by Crippen LogP contribution is -2.53. The number of amides is 1. The largest absolute Gasteiger partial charge is 0.494 e. The quantitative estimate of drug-likeness (QED) is 0.0648. The Bertz CT molecular complexity index is 2100. The number of nitrogens with zero attached hydrogens (tertiary/aromatic N) is 1. The summed E-state index contributed by atoms with van der Waals surface area (Å²) in [6.45, 7) is 0.775. The van der Waals surface area contributed by atoms with E-state index in [2.05, 4.69) is 10.9 Å². The summed E-state index contributed by atoms with van der Waals surface area (Å²) < 4.78 is 53.0. The number of halogens is 1. The van der Waals surface area contributed by atoms with Gasteiger partial charge in [-0.1, -0.05) is 84.9 Å². The third-order valence-electron chi connectivity index (χ3n) is 8.96. The fraction of sp³-hybridized carbons (Fsp3) is 0.238. The van der Waals surface area contributed by atoms with Crippen molar-refractivity contribution >= 4 is 33.4 Å². The monoisotopic (exact) mass is 767 g/mol. The number of hydrogen-bond acceptors (Lipinski definition) is 9. The van der Waals surface area contributed by atoms with Gasteiger partial charge >= 0.3 is 0 Å². The maximum absolute atomic E-state index is 14.5. The van der Waals surface area contributed by atoms with Crippen LogP contribution in [0.25, 0.3) is 11.1 Å². The van der Waals surface area contributed by atoms with Gasteiger partial charge in [0.15, 0.2) is 21.5 Å². The number of hydrogen-bond donors (Lipinski definition) is 3. The van der Waals surface area contributed by atoms with Gasteiger partial charge in [0.25, 0.3) is 5.91 Å². The molecule has 2 atom stereocenters. The molecule has 0 radical (unpaired) electrons. The highest BCUT2D eigenvalue weighted by molar-refractivity contribution is 7.98. The van der Waals surface area contributed by atoms with Gasteiger partial charge in [0.2, 0.25) is 5.90 Å². The number of ether oxygens (including phenoxy) is 2. The van der Waals surface area contributed by atoms with Gasteiger partial charge in [-0.15, -0.1) is 0 Å². The number of carbonyl (C=O) groups excluding carboxylic acids is 1. The summed E-state index contributed by atoms with van der Waals surface area (Å²) >= 11 is 1.62. The summed E-state index contributed by atoms with van der Waals surface area (Å²) in [6, 6.07) is 39.1. The zero-order valence-corrected chi connectivity index (χ0v) is 31.2. The molecule has 6 rings (SSSR count). The number of rotatable bonds is 18. The minimum absolute atomic E-state index is 0.0181. The molecule has 12 heteroatoms. The van der Waals surface area contributed by atoms with Crippen molar-refractivity contribution in [3.63, 3.8) is 0 Å². The summed E-state index contributed by atoms with van der Waals surface area (Å²) in [4.78, 5) is 19.6. The van der Waals surface area contributed by atoms with Crippen molar-refractivity contribution in [2.45, 2.75) is 35.1 Å². The van der Waals surface area contributed by atoms with Crippen molar-refractivity contribution in [1.82, 2.24) is 10.9 Å². The number of aliphatic hydroxyl groups excluding tert-OH is 1. The highest BCUT2D eigenvalue weighted by atomic mass is 32.2. The second kappa shape index (κ2) is 18.4. The molecule has 1 amide bonds. The van der Waals surface area contributed by atoms with Crippen LogP contribution in [0.5, 0.6) is 5.75 Å². The third kappa shape index (κ3) is 9.74. The van der Waals surface area contributed by atoms with Crippen LogP contribution in [0.2, 0.25) is 0 Å². The molecule has 0 spiro atoms. The van der Waals surface area contributed by atoms with Crippen LogP contribution in [0.4, 0.5) is 4.39 Å². The third-order valence-corrected chi connectivity index (χ3v) is 11.7. The van der Waals surface area contributed by atoms with Gasteiger partial charge < -0.3 is 14.6 Å². The summed E-state index contributed by atoms with van der Waals surface area (Å²) in [5, 5.41) is 9.12. The van der Waals surface area contributed by atoms with E-state index in [9.17, 15) is 17.6 Å². The Morgan fingerprint density at radius 1 is 0.852 bits per heavy atom. The Morgan fingerprint density at radius 2 is 1.50 bits per heavy atom. The van der Waals surface area contributed by atoms with Gasteiger partial charge in [0.1, 0.15) is 11.6 Å². The van der Waals surface area contributed by atoms with E-state index in [4.69, 9.17) is 19.6 Å². The molecule has 0 aliphatic carbocycles. The summed E-state index contributed by atoms with van der Waals surface area (Å²) in [5.74, 6) is 0.903. The van der Waals surface area contributed by atoms with Gasteiger partial charge in [-0.05, 0) is 70.8 Å². The van der Waals surface area contributed by atoms with E-state index < -0.39 is 27.4 Å². The van der Waals surface area contributed by atoms with Crippen molar-refractivity contribution in [2.24, 2.45) is 4.99 Å². The van der Waals surface area contributed by atoms with Crippen LogP contribution in [0.3, 0.4) is 0 Å². The maximum atomic E-state index is 14.5. The van der Waals surface area contributed by atoms with E-state index in [1.807, 2.05) is 54.6 Å². The number of nitrogens with one attached hydrogen (secondary N) is 2. The predicted octanol–water partition coefficient (Wildman–Crippen LogP) is 6.93. The van der Waals surface area contributed by atoms with Crippen molar-refractivity contribution in [2.75, 3.05) is 31.3 Å². The fourth-order valence-corrected chi connectivity index (χ4v) is 8.24. The molecular weight excluding hydrogens is 726 g/mol. The average molecular weight is 768 g/mol. The number of thioether (sulfide) groups is 1. The molecule has 0 fully saturated rings. The van der Waals surface area contributed by atoms with E-state index in [0.29, 0.717) is 48.0 Å². The smallest absolute Gasteiger partial charge is 0.266 e. The number of sulfone groups is 1. The van der Waals surface area contributed by atoms with Crippen molar-refractivity contribution in [1.29, 1.82) is 0 Å². The average Bonchev–Trinajstić information content (AvgIpc) is 3.61. The normalized spacial score (nSPS) is 16.7. The van der Waals surface area contributed by atoms with Gasteiger partial charge in [-0.2, -0.15) is 11.8 Å². The molecule has 1 aliphatic rings. The fourth-order valence-electron chi connectivity index (χ4n) is 6.03. The van der Waals surface area contributed by atoms with Crippen LogP contribution in [0.15, 0.2) is 143 Å². The van der Waals surface area contributed by atoms with Crippen LogP contribution in [0, 0.1) is 5.82 Å². The molecular formula is C42H42FN3O6S2. The molecule has 3 N–H and O–H groups in total. The summed E-state index contributed by atoms with van der Waals surface area (Å²) in [5.41, 5.74) is 8.36. The lowest BCUT2D eigenvalue weighted by atomic mass is 9.84. The molecule has 0 saturated carbocycles. The summed E-state index contributed by atoms with van der Waals surface area (Å²) in [7, 11) is -3.81. The highest BCUT2D eigenvalue weighted by Crippen LogP contribution is 2.43. The van der Waals surface area contributed by atoms with Gasteiger partial charge in [-0.3, -0.25) is 10.2 Å². The number of carbonyl (C=O) groups is 1. The first-order valence-electron chi connectivity index (χ1n) is 17.7. The van der Waals surface area contributed by atoms with E-state index in [1.54, 1.807) is 66.4 Å². The first-order chi connectivity index (χ1) is 26.3. The molecule has 0 unspecified atom stereocenters. The van der Waals surface area contributed by atoms with Crippen molar-refractivity contribution < 1.29 is 32.2 Å². The standard InChI is InChI=1S/C42H42FN3O6S2/c43-36-20-12-31(13-21-36)30-53-28-25-44-46-41(48)42(24-29-54(49,50)38-10-5-2-6-11-38)39(34-16-14-33(15-17-34)32-8-3-1-4-9-32)52-40(45-42)35-18-22-37(23-19-35)51-27-7-26-47/h1-6,8-23,39,44,47H,7,24-30H2,(H,46,48)/t39-,42-/m0/s1. The molecule has 5 aromatic carbocycles. The topological polar surface area (TPSA) is 126 Å². The lowest BCUT2D eigenvalue weighted by molar-refractivity contribution is -0.130. The van der Waals surface area contributed by atoms with E-state index >= 15 is 0 Å². The first kappa shape index (κ1) is 38.7. The second-order valence-corrected chi connectivity index (χ2v) is 15.9. The zero-order chi connectivity index (χ0) is 37.8. The first-order valence-corrected chi connectivity index (χ1v) is 20.5. The Balaban J connectivity index is 1.29. The molecule has 280 valence electrons. The number of hydrazine groups is 1. The highest BCUT2D eigenvalue weighted by Gasteiger charge is 2.53. The van der Waals surface area contributed by atoms with Gasteiger partial charge in [0, 0.05) is 43.1 Å².